The summed E-state index contributed by atoms with van der Waals surface area (Å²) in [6, 6.07) is 6.06. The van der Waals surface area contributed by atoms with Crippen LogP contribution in [0.15, 0.2) is 29.6 Å². The Bertz CT molecular complexity index is 507. The van der Waals surface area contributed by atoms with Crippen LogP contribution in [0.2, 0.25) is 0 Å². The van der Waals surface area contributed by atoms with Gasteiger partial charge in [-0.25, -0.2) is 9.37 Å². The maximum Gasteiger partial charge on any atom is 0.224 e. The predicted octanol–water partition coefficient (Wildman–Crippen LogP) is 1.98. The van der Waals surface area contributed by atoms with E-state index in [0.29, 0.717) is 5.01 Å². The molecule has 16 heavy (non-hydrogen) atoms. The van der Waals surface area contributed by atoms with Crippen LogP contribution in [0.4, 0.5) is 4.39 Å². The van der Waals surface area contributed by atoms with Crippen LogP contribution >= 0.6 is 11.3 Å². The molecule has 2 rings (SSSR count). The molecule has 0 bridgehead atoms. The SMILES string of the molecule is NC(=O)Cc1nc(-c2ccc(F)cc2)cs1. The molecule has 0 unspecified atom stereocenters. The fraction of sp³-hybridized carbons (Fsp3) is 0.0909. The topological polar surface area (TPSA) is 56.0 Å². The van der Waals surface area contributed by atoms with Gasteiger partial charge in [-0.2, -0.15) is 0 Å². The average Bonchev–Trinajstić information content (AvgIpc) is 2.66. The Morgan fingerprint density at radius 1 is 1.38 bits per heavy atom. The van der Waals surface area contributed by atoms with Crippen LogP contribution in [0.1, 0.15) is 5.01 Å². The Balaban J connectivity index is 2.24. The zero-order valence-corrected chi connectivity index (χ0v) is 9.13. The van der Waals surface area contributed by atoms with Crippen molar-refractivity contribution in [3.05, 3.63) is 40.5 Å². The van der Waals surface area contributed by atoms with E-state index in [4.69, 9.17) is 5.73 Å². The number of aromatic nitrogens is 1. The summed E-state index contributed by atoms with van der Waals surface area (Å²) in [6.45, 7) is 0. The highest BCUT2D eigenvalue weighted by molar-refractivity contribution is 7.10. The fourth-order valence-corrected chi connectivity index (χ4v) is 2.11. The van der Waals surface area contributed by atoms with Crippen molar-refractivity contribution in [3.63, 3.8) is 0 Å². The Kier molecular flexibility index (Phi) is 2.96. The molecule has 0 saturated heterocycles. The van der Waals surface area contributed by atoms with Crippen molar-refractivity contribution in [1.82, 2.24) is 4.98 Å². The number of rotatable bonds is 3. The molecule has 0 radical (unpaired) electrons. The quantitative estimate of drug-likeness (QED) is 0.885. The zero-order valence-electron chi connectivity index (χ0n) is 8.31. The number of amides is 1. The lowest BCUT2D eigenvalue weighted by Crippen LogP contribution is -2.13. The first-order valence-corrected chi connectivity index (χ1v) is 5.52. The van der Waals surface area contributed by atoms with Crippen molar-refractivity contribution in [2.45, 2.75) is 6.42 Å². The maximum atomic E-state index is 12.7. The van der Waals surface area contributed by atoms with E-state index in [9.17, 15) is 9.18 Å². The maximum absolute atomic E-state index is 12.7. The first kappa shape index (κ1) is 10.8. The third kappa shape index (κ3) is 2.43. The highest BCUT2D eigenvalue weighted by atomic mass is 32.1. The molecular formula is C11H9FN2OS. The highest BCUT2D eigenvalue weighted by Crippen LogP contribution is 2.22. The number of hydrogen-bond acceptors (Lipinski definition) is 3. The van der Waals surface area contributed by atoms with E-state index in [-0.39, 0.29) is 12.2 Å². The Hall–Kier alpha value is -1.75. The van der Waals surface area contributed by atoms with Crippen molar-refractivity contribution >= 4 is 17.2 Å². The molecular weight excluding hydrogens is 227 g/mol. The summed E-state index contributed by atoms with van der Waals surface area (Å²) in [5, 5.41) is 2.50. The molecule has 5 heteroatoms. The summed E-state index contributed by atoms with van der Waals surface area (Å²) in [5.41, 5.74) is 6.63. The number of thiazole rings is 1. The molecule has 1 amide bonds. The number of halogens is 1. The summed E-state index contributed by atoms with van der Waals surface area (Å²) in [4.78, 5) is 14.9. The molecule has 0 aliphatic carbocycles. The van der Waals surface area contributed by atoms with Crippen LogP contribution < -0.4 is 5.73 Å². The van der Waals surface area contributed by atoms with Crippen LogP contribution in [0.3, 0.4) is 0 Å². The first-order valence-electron chi connectivity index (χ1n) is 4.64. The van der Waals surface area contributed by atoms with Gasteiger partial charge in [0.15, 0.2) is 0 Å². The largest absolute Gasteiger partial charge is 0.369 e. The summed E-state index contributed by atoms with van der Waals surface area (Å²) >= 11 is 1.37. The predicted molar refractivity (Wildman–Crippen MR) is 60.4 cm³/mol. The molecule has 1 aromatic heterocycles. The minimum atomic E-state index is -0.403. The Morgan fingerprint density at radius 2 is 2.06 bits per heavy atom. The molecule has 0 aliphatic heterocycles. The normalized spacial score (nSPS) is 10.3. The van der Waals surface area contributed by atoms with E-state index < -0.39 is 5.91 Å². The molecule has 1 aromatic carbocycles. The van der Waals surface area contributed by atoms with E-state index >= 15 is 0 Å². The van der Waals surface area contributed by atoms with E-state index in [2.05, 4.69) is 4.98 Å². The summed E-state index contributed by atoms with van der Waals surface area (Å²) < 4.78 is 12.7. The molecule has 82 valence electrons. The van der Waals surface area contributed by atoms with Gasteiger partial charge < -0.3 is 5.73 Å². The monoisotopic (exact) mass is 236 g/mol. The molecule has 0 atom stereocenters. The second-order valence-corrected chi connectivity index (χ2v) is 4.22. The van der Waals surface area contributed by atoms with Gasteiger partial charge in [-0.05, 0) is 24.3 Å². The van der Waals surface area contributed by atoms with E-state index in [1.165, 1.54) is 23.5 Å². The van der Waals surface area contributed by atoms with Crippen molar-refractivity contribution in [2.75, 3.05) is 0 Å². The lowest BCUT2D eigenvalue weighted by atomic mass is 10.2. The lowest BCUT2D eigenvalue weighted by molar-refractivity contribution is -0.117. The van der Waals surface area contributed by atoms with Crippen LogP contribution in [0, 0.1) is 5.82 Å². The van der Waals surface area contributed by atoms with Gasteiger partial charge in [-0.15, -0.1) is 11.3 Å². The smallest absolute Gasteiger partial charge is 0.224 e. The van der Waals surface area contributed by atoms with Crippen molar-refractivity contribution in [2.24, 2.45) is 5.73 Å². The fourth-order valence-electron chi connectivity index (χ4n) is 1.29. The second kappa shape index (κ2) is 4.40. The van der Waals surface area contributed by atoms with Gasteiger partial charge in [-0.1, -0.05) is 0 Å². The number of carbonyl (C=O) groups excluding carboxylic acids is 1. The third-order valence-corrected chi connectivity index (χ3v) is 2.87. The molecule has 0 spiro atoms. The number of primary amides is 1. The van der Waals surface area contributed by atoms with Crippen molar-refractivity contribution in [3.8, 4) is 11.3 Å². The van der Waals surface area contributed by atoms with Gasteiger partial charge in [-0.3, -0.25) is 4.79 Å². The standard InChI is InChI=1S/C11H9FN2OS/c12-8-3-1-7(2-4-8)9-6-16-11(14-9)5-10(13)15/h1-4,6H,5H2,(H2,13,15). The van der Waals surface area contributed by atoms with E-state index in [0.717, 1.165) is 11.3 Å². The minimum absolute atomic E-state index is 0.145. The van der Waals surface area contributed by atoms with Crippen LogP contribution in [0.25, 0.3) is 11.3 Å². The molecule has 2 N–H and O–H groups in total. The van der Waals surface area contributed by atoms with Crippen LogP contribution in [0.5, 0.6) is 0 Å². The molecule has 0 aliphatic rings. The average molecular weight is 236 g/mol. The molecule has 0 saturated carbocycles. The number of benzene rings is 1. The minimum Gasteiger partial charge on any atom is -0.369 e. The number of carbonyl (C=O) groups is 1. The van der Waals surface area contributed by atoms with Crippen LogP contribution in [-0.2, 0) is 11.2 Å². The zero-order chi connectivity index (χ0) is 11.5. The summed E-state index contributed by atoms with van der Waals surface area (Å²) in [5.74, 6) is -0.684. The number of hydrogen-bond donors (Lipinski definition) is 1. The lowest BCUT2D eigenvalue weighted by Gasteiger charge is -1.95. The van der Waals surface area contributed by atoms with E-state index in [1.807, 2.05) is 5.38 Å². The Labute approximate surface area is 95.7 Å². The van der Waals surface area contributed by atoms with E-state index in [1.54, 1.807) is 12.1 Å². The Morgan fingerprint density at radius 3 is 2.69 bits per heavy atom. The van der Waals surface area contributed by atoms with Gasteiger partial charge in [0.25, 0.3) is 0 Å². The highest BCUT2D eigenvalue weighted by Gasteiger charge is 2.06. The van der Waals surface area contributed by atoms with Gasteiger partial charge in [0.05, 0.1) is 12.1 Å². The first-order chi connectivity index (χ1) is 7.65. The third-order valence-electron chi connectivity index (χ3n) is 2.02. The molecule has 2 aromatic rings. The second-order valence-electron chi connectivity index (χ2n) is 3.28. The summed E-state index contributed by atoms with van der Waals surface area (Å²) in [7, 11) is 0. The van der Waals surface area contributed by atoms with Gasteiger partial charge >= 0.3 is 0 Å². The molecule has 0 fully saturated rings. The number of nitrogens with two attached hydrogens (primary N) is 1. The van der Waals surface area contributed by atoms with Gasteiger partial charge in [0, 0.05) is 10.9 Å². The number of nitrogens with zero attached hydrogens (tertiary/aromatic N) is 1. The molecule has 1 heterocycles. The van der Waals surface area contributed by atoms with Crippen LogP contribution in [-0.4, -0.2) is 10.9 Å². The van der Waals surface area contributed by atoms with Crippen molar-refractivity contribution in [1.29, 1.82) is 0 Å². The summed E-state index contributed by atoms with van der Waals surface area (Å²) in [6.07, 6.45) is 0.145. The van der Waals surface area contributed by atoms with Crippen molar-refractivity contribution < 1.29 is 9.18 Å². The molecule has 3 nitrogen and oxygen atoms in total. The van der Waals surface area contributed by atoms with Gasteiger partial charge in [0.1, 0.15) is 10.8 Å². The van der Waals surface area contributed by atoms with Gasteiger partial charge in [0.2, 0.25) is 5.91 Å².